The normalized spacial score (nSPS) is 13.8. The fraction of sp³-hybridized carbons (Fsp3) is 0.750. The number of aliphatic hydroxyl groups is 1. The number of ether oxygens (including phenoxy) is 2. The van der Waals surface area contributed by atoms with E-state index in [-0.39, 0.29) is 46.0 Å². The summed E-state index contributed by atoms with van der Waals surface area (Å²) in [6, 6.07) is 5.27. The molecule has 0 saturated heterocycles. The number of rotatable bonds is 11. The number of hydrogen-bond donors (Lipinski definition) is 2. The molecule has 0 aromatic heterocycles. The Morgan fingerprint density at radius 1 is 1.27 bits per heavy atom. The number of aliphatic hydroxyl groups excluding tert-OH is 1. The molecular weight excluding hydrogens is 458 g/mol. The van der Waals surface area contributed by atoms with Crippen LogP contribution in [0.3, 0.4) is 0 Å². The van der Waals surface area contributed by atoms with Gasteiger partial charge in [0.2, 0.25) is 0 Å². The van der Waals surface area contributed by atoms with Crippen molar-refractivity contribution in [2.45, 2.75) is 72.8 Å². The van der Waals surface area contributed by atoms with Crippen molar-refractivity contribution in [2.75, 3.05) is 34.0 Å². The Labute approximate surface area is 211 Å². The number of nitrogens with one attached hydrogen (secondary N) is 1. The molecule has 1 aliphatic rings. The van der Waals surface area contributed by atoms with Gasteiger partial charge in [-0.05, 0) is 68.7 Å². The molecule has 2 rings (SSSR count). The van der Waals surface area contributed by atoms with Gasteiger partial charge in [-0.15, -0.1) is 0 Å². The van der Waals surface area contributed by atoms with Crippen LogP contribution in [0.2, 0.25) is 0 Å². The third-order valence-electron chi connectivity index (χ3n) is 5.15. The molecular formula is C24H46FNO3Y. The van der Waals surface area contributed by atoms with Crippen LogP contribution in [0.5, 0.6) is 5.75 Å². The molecule has 6 heteroatoms. The summed E-state index contributed by atoms with van der Waals surface area (Å²) < 4.78 is 24.5. The molecule has 1 fully saturated rings. The average Bonchev–Trinajstić information content (AvgIpc) is 3.56. The maximum absolute atomic E-state index is 13.5. The Balaban J connectivity index is -0.000000467. The predicted octanol–water partition coefficient (Wildman–Crippen LogP) is 5.99. The molecule has 0 heterocycles. The van der Waals surface area contributed by atoms with E-state index in [0.717, 1.165) is 25.9 Å². The Bertz CT molecular complexity index is 546. The molecule has 1 aromatic rings. The Hall–Kier alpha value is -0.0661. The average molecular weight is 505 g/mol. The van der Waals surface area contributed by atoms with Gasteiger partial charge in [-0.2, -0.15) is 0 Å². The molecule has 1 saturated carbocycles. The number of benzene rings is 1. The summed E-state index contributed by atoms with van der Waals surface area (Å²) in [5.74, 6) is 0.754. The molecule has 1 aliphatic carbocycles. The molecule has 1 unspecified atom stereocenters. The SMILES string of the molecule is CCCCOCC(C)(C)CC.CNC(C)c1ccc(F)c(OCC2CC2)c1.CO.[HH].[Y]. The van der Waals surface area contributed by atoms with E-state index < -0.39 is 0 Å². The van der Waals surface area contributed by atoms with Crippen LogP contribution >= 0.6 is 0 Å². The summed E-state index contributed by atoms with van der Waals surface area (Å²) in [5.41, 5.74) is 1.42. The zero-order valence-corrected chi connectivity index (χ0v) is 23.1. The largest absolute Gasteiger partial charge is 0.490 e. The van der Waals surface area contributed by atoms with E-state index in [4.69, 9.17) is 14.6 Å². The molecule has 4 nitrogen and oxygen atoms in total. The summed E-state index contributed by atoms with van der Waals surface area (Å²) in [5, 5.41) is 10.1. The van der Waals surface area contributed by atoms with E-state index >= 15 is 0 Å². The van der Waals surface area contributed by atoms with Gasteiger partial charge in [-0.25, -0.2) is 4.39 Å². The van der Waals surface area contributed by atoms with Crippen LogP contribution in [0.15, 0.2) is 18.2 Å². The first-order chi connectivity index (χ1) is 13.8. The van der Waals surface area contributed by atoms with Crippen molar-refractivity contribution in [3.05, 3.63) is 29.6 Å². The van der Waals surface area contributed by atoms with Gasteiger partial charge in [0, 0.05) is 53.9 Å². The quantitative estimate of drug-likeness (QED) is 0.364. The van der Waals surface area contributed by atoms with E-state index in [1.54, 1.807) is 12.1 Å². The minimum absolute atomic E-state index is 0. The predicted molar refractivity (Wildman–Crippen MR) is 122 cm³/mol. The van der Waals surface area contributed by atoms with Crippen LogP contribution in [-0.4, -0.2) is 39.1 Å². The van der Waals surface area contributed by atoms with Crippen LogP contribution in [0, 0.1) is 17.2 Å². The number of hydrogen-bond acceptors (Lipinski definition) is 4. The molecule has 1 aromatic carbocycles. The second kappa shape index (κ2) is 18.5. The third-order valence-corrected chi connectivity index (χ3v) is 5.15. The van der Waals surface area contributed by atoms with Crippen molar-refractivity contribution >= 4 is 0 Å². The zero-order valence-electron chi connectivity index (χ0n) is 20.3. The van der Waals surface area contributed by atoms with Gasteiger partial charge in [0.15, 0.2) is 11.6 Å². The Kier molecular flexibility index (Phi) is 19.8. The van der Waals surface area contributed by atoms with Gasteiger partial charge >= 0.3 is 0 Å². The fourth-order valence-corrected chi connectivity index (χ4v) is 2.26. The van der Waals surface area contributed by atoms with E-state index in [1.807, 2.05) is 14.0 Å². The van der Waals surface area contributed by atoms with Crippen molar-refractivity contribution in [1.29, 1.82) is 0 Å². The topological polar surface area (TPSA) is 50.7 Å². The Morgan fingerprint density at radius 2 is 1.90 bits per heavy atom. The van der Waals surface area contributed by atoms with Gasteiger partial charge in [0.05, 0.1) is 13.2 Å². The van der Waals surface area contributed by atoms with Crippen molar-refractivity contribution in [3.63, 3.8) is 0 Å². The molecule has 1 radical (unpaired) electrons. The van der Waals surface area contributed by atoms with Crippen molar-refractivity contribution in [1.82, 2.24) is 5.32 Å². The zero-order chi connectivity index (χ0) is 22.3. The van der Waals surface area contributed by atoms with Crippen LogP contribution < -0.4 is 10.1 Å². The minimum atomic E-state index is -0.271. The molecule has 0 bridgehead atoms. The Morgan fingerprint density at radius 3 is 2.40 bits per heavy atom. The van der Waals surface area contributed by atoms with Crippen molar-refractivity contribution in [3.8, 4) is 5.75 Å². The summed E-state index contributed by atoms with van der Waals surface area (Å²) in [6.45, 7) is 13.4. The molecule has 30 heavy (non-hydrogen) atoms. The van der Waals surface area contributed by atoms with Crippen LogP contribution in [0.1, 0.15) is 79.8 Å². The first kappa shape index (κ1) is 32.1. The van der Waals surface area contributed by atoms with Crippen LogP contribution in [0.25, 0.3) is 0 Å². The van der Waals surface area contributed by atoms with Gasteiger partial charge in [0.25, 0.3) is 0 Å². The molecule has 0 aliphatic heterocycles. The second-order valence-corrected chi connectivity index (χ2v) is 8.38. The van der Waals surface area contributed by atoms with Gasteiger partial charge in [0.1, 0.15) is 0 Å². The van der Waals surface area contributed by atoms with E-state index in [9.17, 15) is 4.39 Å². The number of halogens is 1. The molecule has 175 valence electrons. The maximum Gasteiger partial charge on any atom is 0.165 e. The van der Waals surface area contributed by atoms with Crippen molar-refractivity contribution in [2.24, 2.45) is 11.3 Å². The first-order valence-corrected chi connectivity index (χ1v) is 10.9. The van der Waals surface area contributed by atoms with Gasteiger partial charge < -0.3 is 19.9 Å². The molecule has 2 N–H and O–H groups in total. The smallest absolute Gasteiger partial charge is 0.165 e. The summed E-state index contributed by atoms with van der Waals surface area (Å²) in [4.78, 5) is 0. The summed E-state index contributed by atoms with van der Waals surface area (Å²) in [7, 11) is 2.89. The first-order valence-electron chi connectivity index (χ1n) is 10.9. The van der Waals surface area contributed by atoms with Gasteiger partial charge in [-0.1, -0.05) is 40.2 Å². The van der Waals surface area contributed by atoms with Crippen molar-refractivity contribution < 1.29 is 53.1 Å². The summed E-state index contributed by atoms with van der Waals surface area (Å²) in [6.07, 6.45) is 6.05. The number of unbranched alkanes of at least 4 members (excludes halogenated alkanes) is 1. The second-order valence-electron chi connectivity index (χ2n) is 8.38. The molecule has 0 amide bonds. The third kappa shape index (κ3) is 14.9. The molecule has 1 atom stereocenters. The summed E-state index contributed by atoms with van der Waals surface area (Å²) >= 11 is 0. The van der Waals surface area contributed by atoms with Crippen LogP contribution in [0.4, 0.5) is 4.39 Å². The minimum Gasteiger partial charge on any atom is -0.490 e. The fourth-order valence-electron chi connectivity index (χ4n) is 2.26. The maximum atomic E-state index is 13.5. The van der Waals surface area contributed by atoms with Gasteiger partial charge in [-0.3, -0.25) is 0 Å². The monoisotopic (exact) mass is 504 g/mol. The van der Waals surface area contributed by atoms with E-state index in [2.05, 4.69) is 33.0 Å². The standard InChI is InChI=1S/C13H18FNO.C10H22O.CH4O.Y.H2/c1-9(15-2)11-5-6-12(14)13(7-11)16-8-10-3-4-10;1-5-7-8-11-9-10(3,4)6-2;1-2;;/h5-7,9-10,15H,3-4,8H2,1-2H3;5-9H2,1-4H3;2H,1H3;;1H. The van der Waals surface area contributed by atoms with Crippen LogP contribution in [-0.2, 0) is 37.4 Å². The molecule has 0 spiro atoms. The van der Waals surface area contributed by atoms with E-state index in [1.165, 1.54) is 38.2 Å². The van der Waals surface area contributed by atoms with E-state index in [0.29, 0.717) is 23.7 Å².